The predicted octanol–water partition coefficient (Wildman–Crippen LogP) is 11.6. The Hall–Kier alpha value is -4.32. The van der Waals surface area contributed by atoms with Crippen molar-refractivity contribution in [3.05, 3.63) is 156 Å². The number of thiophene rings is 1. The molecule has 0 saturated heterocycles. The molecule has 8 aromatic rings. The van der Waals surface area contributed by atoms with Crippen LogP contribution < -0.4 is 5.19 Å². The van der Waals surface area contributed by atoms with E-state index in [1.165, 1.54) is 41.9 Å². The molecule has 0 aliphatic rings. The fourth-order valence-electron chi connectivity index (χ4n) is 6.73. The third kappa shape index (κ3) is 7.52. The number of aryl methyl sites for hydroxylation is 3. The van der Waals surface area contributed by atoms with Crippen LogP contribution >= 0.6 is 11.3 Å². The zero-order valence-electron chi connectivity index (χ0n) is 31.1. The second-order valence-corrected chi connectivity index (χ2v) is 20.0. The summed E-state index contributed by atoms with van der Waals surface area (Å²) in [5.74, 6) is -0.919. The van der Waals surface area contributed by atoms with Crippen LogP contribution in [0.4, 0.5) is 0 Å². The average molecular weight is 877 g/mol. The van der Waals surface area contributed by atoms with E-state index < -0.39 is 14.0 Å². The second-order valence-electron chi connectivity index (χ2n) is 14.0. The molecule has 8 rings (SSSR count). The Morgan fingerprint density at radius 3 is 2.22 bits per heavy atom. The molecule has 0 saturated carbocycles. The van der Waals surface area contributed by atoms with Gasteiger partial charge in [0.2, 0.25) is 0 Å². The van der Waals surface area contributed by atoms with Crippen molar-refractivity contribution in [3.8, 4) is 22.5 Å². The van der Waals surface area contributed by atoms with Gasteiger partial charge in [-0.2, -0.15) is 11.3 Å². The van der Waals surface area contributed by atoms with Crippen molar-refractivity contribution >= 4 is 55.5 Å². The molecule has 3 nitrogen and oxygen atoms in total. The molecule has 0 aliphatic carbocycles. The summed E-state index contributed by atoms with van der Waals surface area (Å²) in [5.41, 5.74) is 9.27. The van der Waals surface area contributed by atoms with Crippen molar-refractivity contribution in [1.29, 1.82) is 0 Å². The van der Waals surface area contributed by atoms with Crippen LogP contribution in [-0.4, -0.2) is 23.0 Å². The molecule has 0 bridgehead atoms. The Bertz CT molecular complexity index is 2540. The van der Waals surface area contributed by atoms with Crippen LogP contribution in [-0.2, 0) is 20.1 Å². The van der Waals surface area contributed by atoms with Gasteiger partial charge in [-0.3, -0.25) is 9.97 Å². The van der Waals surface area contributed by atoms with E-state index in [-0.39, 0.29) is 20.1 Å². The normalized spacial score (nSPS) is 12.9. The Morgan fingerprint density at radius 2 is 1.49 bits per heavy atom. The molecule has 4 aromatic carbocycles. The number of hydrogen-bond acceptors (Lipinski definition) is 4. The van der Waals surface area contributed by atoms with E-state index in [9.17, 15) is 1.37 Å². The second kappa shape index (κ2) is 15.1. The third-order valence-corrected chi connectivity index (χ3v) is 12.6. The van der Waals surface area contributed by atoms with Gasteiger partial charge in [-0.05, 0) is 77.1 Å². The molecular formula is C45H41IrN3SSi-2. The van der Waals surface area contributed by atoms with Gasteiger partial charge in [0.05, 0.1) is 8.07 Å². The van der Waals surface area contributed by atoms with Crippen molar-refractivity contribution in [1.82, 2.24) is 15.0 Å². The number of pyridine rings is 3. The van der Waals surface area contributed by atoms with Crippen LogP contribution in [0.3, 0.4) is 0 Å². The SMILES string of the molecule is Cc1cc(-c2[c-]cccc2)ncc1[Si](C)(C)C.[2H]C(C)(c1ccnc(C)c1)c1ccnc(-c2[c-]c3cccc(C)c3c3c2sc2ccccc23)c1.[Ir]. The molecule has 0 spiro atoms. The number of aromatic nitrogens is 3. The molecule has 51 heavy (non-hydrogen) atoms. The minimum Gasteiger partial charge on any atom is -0.305 e. The van der Waals surface area contributed by atoms with Gasteiger partial charge < -0.3 is 4.98 Å². The van der Waals surface area contributed by atoms with Gasteiger partial charge in [-0.1, -0.05) is 96.5 Å². The van der Waals surface area contributed by atoms with Gasteiger partial charge in [-0.25, -0.2) is 0 Å². The van der Waals surface area contributed by atoms with Gasteiger partial charge in [0.1, 0.15) is 0 Å². The molecule has 0 fully saturated rings. The largest absolute Gasteiger partial charge is 0.305 e. The molecular weight excluding hydrogens is 835 g/mol. The summed E-state index contributed by atoms with van der Waals surface area (Å²) in [5, 5.41) is 6.33. The number of hydrogen-bond donors (Lipinski definition) is 0. The third-order valence-electron chi connectivity index (χ3n) is 9.29. The summed E-state index contributed by atoms with van der Waals surface area (Å²) in [6.07, 6.45) is 5.65. The molecule has 0 aliphatic heterocycles. The maximum absolute atomic E-state index is 9.21. The van der Waals surface area contributed by atoms with Crippen molar-refractivity contribution in [2.24, 2.45) is 0 Å². The fourth-order valence-corrected chi connectivity index (χ4v) is 9.66. The van der Waals surface area contributed by atoms with Crippen LogP contribution in [0.1, 0.15) is 42.1 Å². The van der Waals surface area contributed by atoms with Gasteiger partial charge in [0.15, 0.2) is 0 Å². The minimum absolute atomic E-state index is 0. The predicted molar refractivity (Wildman–Crippen MR) is 216 cm³/mol. The standard InChI is InChI=1S/C30H23N2S.C15H18NSi.Ir/c1-18-7-6-8-23-16-25(30-29(28(18)23)24-9-4-5-10-27(24)33-30)26-17-22(12-14-32-26)20(3)21-11-13-31-19(2)15-21;1-12-10-14(13-8-6-5-7-9-13)16-11-15(12)17(2,3)4;/h4-15,17,20H,1-3H3;5-8,10-11H,1-4H3;/q2*-1;/i20D;;. The zero-order chi connectivity index (χ0) is 35.9. The van der Waals surface area contributed by atoms with Crippen molar-refractivity contribution in [3.63, 3.8) is 0 Å². The van der Waals surface area contributed by atoms with Crippen LogP contribution in [0.25, 0.3) is 53.5 Å². The zero-order valence-corrected chi connectivity index (χ0v) is 34.3. The maximum Gasteiger partial charge on any atom is 0.0798 e. The summed E-state index contributed by atoms with van der Waals surface area (Å²) in [6.45, 7) is 15.3. The number of benzene rings is 4. The Labute approximate surface area is 321 Å². The van der Waals surface area contributed by atoms with Crippen molar-refractivity contribution < 1.29 is 21.5 Å². The molecule has 0 amide bonds. The molecule has 4 aromatic heterocycles. The summed E-state index contributed by atoms with van der Waals surface area (Å²) in [6, 6.07) is 40.0. The van der Waals surface area contributed by atoms with E-state index in [1.54, 1.807) is 17.5 Å². The van der Waals surface area contributed by atoms with Gasteiger partial charge in [-0.15, -0.1) is 53.4 Å². The Morgan fingerprint density at radius 1 is 0.745 bits per heavy atom. The van der Waals surface area contributed by atoms with E-state index in [0.717, 1.165) is 44.7 Å². The summed E-state index contributed by atoms with van der Waals surface area (Å²) in [7, 11) is -1.27. The van der Waals surface area contributed by atoms with Crippen molar-refractivity contribution in [2.45, 2.75) is 53.2 Å². The number of nitrogens with zero attached hydrogens (tertiary/aromatic N) is 3. The van der Waals surface area contributed by atoms with E-state index in [2.05, 4.69) is 122 Å². The van der Waals surface area contributed by atoms with E-state index in [0.29, 0.717) is 0 Å². The quantitative estimate of drug-likeness (QED) is 0.128. The average Bonchev–Trinajstić information content (AvgIpc) is 3.51. The molecule has 257 valence electrons. The smallest absolute Gasteiger partial charge is 0.0798 e. The summed E-state index contributed by atoms with van der Waals surface area (Å²) in [4.78, 5) is 13.6. The maximum atomic E-state index is 9.21. The van der Waals surface area contributed by atoms with Crippen molar-refractivity contribution in [2.75, 3.05) is 0 Å². The van der Waals surface area contributed by atoms with E-state index in [4.69, 9.17) is 4.98 Å². The molecule has 1 radical (unpaired) electrons. The summed E-state index contributed by atoms with van der Waals surface area (Å²) < 4.78 is 11.7. The van der Waals surface area contributed by atoms with Crippen LogP contribution in [0.5, 0.6) is 0 Å². The number of rotatable bonds is 5. The first-order valence-electron chi connectivity index (χ1n) is 17.5. The van der Waals surface area contributed by atoms with Crippen LogP contribution in [0, 0.1) is 32.9 Å². The molecule has 4 heterocycles. The number of fused-ring (bicyclic) bond motifs is 5. The van der Waals surface area contributed by atoms with E-state index in [1.807, 2.05) is 56.4 Å². The van der Waals surface area contributed by atoms with Gasteiger partial charge >= 0.3 is 0 Å². The fraction of sp³-hybridized carbons (Fsp3) is 0.178. The van der Waals surface area contributed by atoms with Crippen LogP contribution in [0.15, 0.2) is 116 Å². The first-order chi connectivity index (χ1) is 24.4. The van der Waals surface area contributed by atoms with Crippen LogP contribution in [0.2, 0.25) is 19.6 Å². The topological polar surface area (TPSA) is 38.7 Å². The molecule has 1 atom stereocenters. The molecule has 1 unspecified atom stereocenters. The molecule has 6 heteroatoms. The first kappa shape index (κ1) is 35.1. The Kier molecular flexibility index (Phi) is 10.4. The first-order valence-corrected chi connectivity index (χ1v) is 21.3. The van der Waals surface area contributed by atoms with Gasteiger partial charge in [0.25, 0.3) is 0 Å². The molecule has 0 N–H and O–H groups in total. The van der Waals surface area contributed by atoms with E-state index >= 15 is 0 Å². The Balaban J connectivity index is 0.000000218. The monoisotopic (exact) mass is 877 g/mol. The summed E-state index contributed by atoms with van der Waals surface area (Å²) >= 11 is 1.79. The minimum atomic E-state index is -1.27. The van der Waals surface area contributed by atoms with Gasteiger partial charge in [0, 0.05) is 62.0 Å².